The van der Waals surface area contributed by atoms with Gasteiger partial charge in [0.2, 0.25) is 0 Å². The van der Waals surface area contributed by atoms with E-state index in [2.05, 4.69) is 47.6 Å². The van der Waals surface area contributed by atoms with Gasteiger partial charge in [0.1, 0.15) is 0 Å². The summed E-state index contributed by atoms with van der Waals surface area (Å²) in [5, 5.41) is 3.38. The van der Waals surface area contributed by atoms with Crippen LogP contribution in [-0.2, 0) is 11.2 Å². The fraction of sp³-hybridized carbons (Fsp3) is 0.353. The third-order valence-electron chi connectivity index (χ3n) is 3.80. The molecule has 0 aliphatic carbocycles. The summed E-state index contributed by atoms with van der Waals surface area (Å²) in [6.07, 6.45) is 4.85. The zero-order valence-corrected chi connectivity index (χ0v) is 11.8. The van der Waals surface area contributed by atoms with Crippen molar-refractivity contribution >= 4 is 0 Å². The zero-order valence-electron chi connectivity index (χ0n) is 11.8. The van der Waals surface area contributed by atoms with Gasteiger partial charge in [0, 0.05) is 18.9 Å². The largest absolute Gasteiger partial charge is 0.372 e. The van der Waals surface area contributed by atoms with Gasteiger partial charge < -0.3 is 10.1 Å². The summed E-state index contributed by atoms with van der Waals surface area (Å²) in [6.45, 7) is 4.77. The standard InChI is InChI=1S/C17H20N2O/c1-2-18-12-17-16-5-3-4-14(15(16)8-11-20-17)13-6-9-19-10-7-13/h3-7,9-10,17-18H,2,8,11-12H2,1H3/t17-/m0/s1. The van der Waals surface area contributed by atoms with E-state index in [4.69, 9.17) is 4.74 Å². The van der Waals surface area contributed by atoms with Gasteiger partial charge in [0.05, 0.1) is 12.7 Å². The number of pyridine rings is 1. The minimum atomic E-state index is 0.167. The molecule has 1 aliphatic rings. The maximum Gasteiger partial charge on any atom is 0.0952 e. The topological polar surface area (TPSA) is 34.1 Å². The molecule has 1 aromatic heterocycles. The minimum Gasteiger partial charge on any atom is -0.372 e. The zero-order chi connectivity index (χ0) is 13.8. The Kier molecular flexibility index (Phi) is 4.09. The van der Waals surface area contributed by atoms with E-state index in [9.17, 15) is 0 Å². The molecular formula is C17H20N2O. The van der Waals surface area contributed by atoms with Gasteiger partial charge in [0.25, 0.3) is 0 Å². The predicted octanol–water partition coefficient (Wildman–Crippen LogP) is 2.97. The predicted molar refractivity (Wildman–Crippen MR) is 80.6 cm³/mol. The first-order chi connectivity index (χ1) is 9.90. The van der Waals surface area contributed by atoms with Crippen LogP contribution in [0.4, 0.5) is 0 Å². The first-order valence-corrected chi connectivity index (χ1v) is 7.24. The van der Waals surface area contributed by atoms with E-state index in [-0.39, 0.29) is 6.10 Å². The van der Waals surface area contributed by atoms with E-state index in [1.54, 1.807) is 0 Å². The lowest BCUT2D eigenvalue weighted by Gasteiger charge is -2.28. The van der Waals surface area contributed by atoms with Gasteiger partial charge in [-0.2, -0.15) is 0 Å². The number of fused-ring (bicyclic) bond motifs is 1. The van der Waals surface area contributed by atoms with Crippen molar-refractivity contribution in [2.24, 2.45) is 0 Å². The number of hydrogen-bond donors (Lipinski definition) is 1. The number of benzene rings is 1. The number of rotatable bonds is 4. The third-order valence-corrected chi connectivity index (χ3v) is 3.80. The summed E-state index contributed by atoms with van der Waals surface area (Å²) in [7, 11) is 0. The molecule has 1 aliphatic heterocycles. The molecule has 1 N–H and O–H groups in total. The van der Waals surface area contributed by atoms with E-state index in [1.807, 2.05) is 12.4 Å². The summed E-state index contributed by atoms with van der Waals surface area (Å²) in [5.41, 5.74) is 5.30. The number of likely N-dealkylation sites (N-methyl/N-ethyl adjacent to an activating group) is 1. The monoisotopic (exact) mass is 268 g/mol. The van der Waals surface area contributed by atoms with Crippen molar-refractivity contribution < 1.29 is 4.74 Å². The highest BCUT2D eigenvalue weighted by Gasteiger charge is 2.22. The van der Waals surface area contributed by atoms with Gasteiger partial charge in [-0.1, -0.05) is 25.1 Å². The number of hydrogen-bond acceptors (Lipinski definition) is 3. The summed E-state index contributed by atoms with van der Waals surface area (Å²) < 4.78 is 5.92. The van der Waals surface area contributed by atoms with Crippen molar-refractivity contribution in [1.29, 1.82) is 0 Å². The quantitative estimate of drug-likeness (QED) is 0.925. The van der Waals surface area contributed by atoms with Crippen LogP contribution in [0.5, 0.6) is 0 Å². The molecule has 0 saturated carbocycles. The van der Waals surface area contributed by atoms with Crippen LogP contribution in [-0.4, -0.2) is 24.7 Å². The van der Waals surface area contributed by atoms with E-state index in [0.29, 0.717) is 0 Å². The highest BCUT2D eigenvalue weighted by atomic mass is 16.5. The van der Waals surface area contributed by atoms with Crippen LogP contribution in [0.25, 0.3) is 11.1 Å². The van der Waals surface area contributed by atoms with Crippen molar-refractivity contribution in [3.8, 4) is 11.1 Å². The molecule has 0 bridgehead atoms. The van der Waals surface area contributed by atoms with E-state index in [0.717, 1.165) is 26.1 Å². The summed E-state index contributed by atoms with van der Waals surface area (Å²) in [5.74, 6) is 0. The molecule has 0 spiro atoms. The smallest absolute Gasteiger partial charge is 0.0952 e. The van der Waals surface area contributed by atoms with Gasteiger partial charge in [-0.25, -0.2) is 0 Å². The van der Waals surface area contributed by atoms with Crippen molar-refractivity contribution in [1.82, 2.24) is 10.3 Å². The number of ether oxygens (including phenoxy) is 1. The Morgan fingerprint density at radius 2 is 2.10 bits per heavy atom. The van der Waals surface area contributed by atoms with Crippen LogP contribution in [0.15, 0.2) is 42.7 Å². The van der Waals surface area contributed by atoms with Crippen LogP contribution in [0, 0.1) is 0 Å². The molecule has 0 saturated heterocycles. The molecule has 0 radical (unpaired) electrons. The van der Waals surface area contributed by atoms with Crippen molar-refractivity contribution in [3.63, 3.8) is 0 Å². The average molecular weight is 268 g/mol. The second kappa shape index (κ2) is 6.16. The second-order valence-electron chi connectivity index (χ2n) is 5.03. The molecular weight excluding hydrogens is 248 g/mol. The van der Waals surface area contributed by atoms with Crippen LogP contribution in [0.2, 0.25) is 0 Å². The fourth-order valence-electron chi connectivity index (χ4n) is 2.82. The molecule has 0 unspecified atom stereocenters. The fourth-order valence-corrected chi connectivity index (χ4v) is 2.82. The second-order valence-corrected chi connectivity index (χ2v) is 5.03. The number of nitrogens with zero attached hydrogens (tertiary/aromatic N) is 1. The van der Waals surface area contributed by atoms with E-state index in [1.165, 1.54) is 22.3 Å². The maximum absolute atomic E-state index is 5.92. The van der Waals surface area contributed by atoms with Gasteiger partial charge in [-0.3, -0.25) is 4.98 Å². The third kappa shape index (κ3) is 2.60. The number of aromatic nitrogens is 1. The molecule has 0 fully saturated rings. The SMILES string of the molecule is CCNC[C@@H]1OCCc2c(-c3ccncc3)cccc21. The molecule has 1 aromatic carbocycles. The van der Waals surface area contributed by atoms with Gasteiger partial charge in [-0.15, -0.1) is 0 Å². The lowest BCUT2D eigenvalue weighted by molar-refractivity contribution is 0.0431. The van der Waals surface area contributed by atoms with Crippen molar-refractivity contribution in [2.75, 3.05) is 19.7 Å². The normalized spacial score (nSPS) is 17.8. The van der Waals surface area contributed by atoms with Crippen LogP contribution in [0.1, 0.15) is 24.2 Å². The van der Waals surface area contributed by atoms with Crippen molar-refractivity contribution in [2.45, 2.75) is 19.4 Å². The van der Waals surface area contributed by atoms with Gasteiger partial charge in [0.15, 0.2) is 0 Å². The lowest BCUT2D eigenvalue weighted by Crippen LogP contribution is -2.27. The Bertz CT molecular complexity index is 568. The van der Waals surface area contributed by atoms with Crippen molar-refractivity contribution in [3.05, 3.63) is 53.9 Å². The molecule has 3 rings (SSSR count). The van der Waals surface area contributed by atoms with Crippen LogP contribution >= 0.6 is 0 Å². The Hall–Kier alpha value is -1.71. The Morgan fingerprint density at radius 1 is 1.25 bits per heavy atom. The van der Waals surface area contributed by atoms with Crippen LogP contribution < -0.4 is 5.32 Å². The summed E-state index contributed by atoms with van der Waals surface area (Å²) in [4.78, 5) is 4.10. The van der Waals surface area contributed by atoms with E-state index >= 15 is 0 Å². The summed E-state index contributed by atoms with van der Waals surface area (Å²) >= 11 is 0. The maximum atomic E-state index is 5.92. The molecule has 3 nitrogen and oxygen atoms in total. The molecule has 3 heteroatoms. The average Bonchev–Trinajstić information content (AvgIpc) is 2.53. The highest BCUT2D eigenvalue weighted by molar-refractivity contribution is 5.69. The Morgan fingerprint density at radius 3 is 2.90 bits per heavy atom. The minimum absolute atomic E-state index is 0.167. The molecule has 0 amide bonds. The Labute approximate surface area is 120 Å². The lowest BCUT2D eigenvalue weighted by atomic mass is 9.90. The molecule has 104 valence electrons. The van der Waals surface area contributed by atoms with Crippen LogP contribution in [0.3, 0.4) is 0 Å². The first kappa shape index (κ1) is 13.3. The molecule has 1 atom stereocenters. The summed E-state index contributed by atoms with van der Waals surface area (Å²) in [6, 6.07) is 10.7. The number of nitrogens with one attached hydrogen (secondary N) is 1. The molecule has 20 heavy (non-hydrogen) atoms. The van der Waals surface area contributed by atoms with Gasteiger partial charge in [-0.05, 0) is 47.4 Å². The van der Waals surface area contributed by atoms with Gasteiger partial charge >= 0.3 is 0 Å². The highest BCUT2D eigenvalue weighted by Crippen LogP contribution is 2.33. The van der Waals surface area contributed by atoms with E-state index < -0.39 is 0 Å². The Balaban J connectivity index is 1.99. The molecule has 2 aromatic rings. The first-order valence-electron chi connectivity index (χ1n) is 7.24. The molecule has 2 heterocycles.